The van der Waals surface area contributed by atoms with Crippen LogP contribution in [0.3, 0.4) is 0 Å². The maximum Gasteiger partial charge on any atom is 0.133 e. The van der Waals surface area contributed by atoms with Crippen molar-refractivity contribution in [1.29, 1.82) is 0 Å². The third kappa shape index (κ3) is 3.64. The number of nitrogens with two attached hydrogens (primary N) is 1. The zero-order valence-corrected chi connectivity index (χ0v) is 10.3. The minimum Gasteiger partial charge on any atom is -0.489 e. The SMILES string of the molecule is CC(CC(N)=S)Oc1ccccc1Br. The molecule has 0 amide bonds. The van der Waals surface area contributed by atoms with Gasteiger partial charge in [-0.1, -0.05) is 24.4 Å². The van der Waals surface area contributed by atoms with E-state index in [0.29, 0.717) is 11.4 Å². The van der Waals surface area contributed by atoms with Crippen molar-refractivity contribution in [3.8, 4) is 5.75 Å². The van der Waals surface area contributed by atoms with Crippen LogP contribution in [0.15, 0.2) is 28.7 Å². The van der Waals surface area contributed by atoms with Gasteiger partial charge in [0.25, 0.3) is 0 Å². The third-order valence-electron chi connectivity index (χ3n) is 1.65. The predicted octanol–water partition coefficient (Wildman–Crippen LogP) is 2.89. The average molecular weight is 274 g/mol. The summed E-state index contributed by atoms with van der Waals surface area (Å²) in [7, 11) is 0. The Balaban J connectivity index is 2.60. The molecule has 1 rings (SSSR count). The van der Waals surface area contributed by atoms with Crippen LogP contribution in [0.1, 0.15) is 13.3 Å². The summed E-state index contributed by atoms with van der Waals surface area (Å²) >= 11 is 8.21. The van der Waals surface area contributed by atoms with E-state index in [1.807, 2.05) is 31.2 Å². The van der Waals surface area contributed by atoms with Gasteiger partial charge in [-0.25, -0.2) is 0 Å². The highest BCUT2D eigenvalue weighted by molar-refractivity contribution is 9.10. The topological polar surface area (TPSA) is 35.2 Å². The molecule has 0 bridgehead atoms. The van der Waals surface area contributed by atoms with Gasteiger partial charge in [-0.05, 0) is 35.0 Å². The maximum absolute atomic E-state index is 5.64. The summed E-state index contributed by atoms with van der Waals surface area (Å²) in [6, 6.07) is 7.70. The Bertz CT molecular complexity index is 330. The van der Waals surface area contributed by atoms with E-state index in [1.54, 1.807) is 0 Å². The first-order valence-electron chi connectivity index (χ1n) is 4.29. The summed E-state index contributed by atoms with van der Waals surface area (Å²) < 4.78 is 6.58. The number of benzene rings is 1. The van der Waals surface area contributed by atoms with Crippen LogP contribution in [-0.2, 0) is 0 Å². The van der Waals surface area contributed by atoms with E-state index in [1.165, 1.54) is 0 Å². The Morgan fingerprint density at radius 2 is 2.21 bits per heavy atom. The number of hydrogen-bond acceptors (Lipinski definition) is 2. The van der Waals surface area contributed by atoms with Crippen LogP contribution in [0.2, 0.25) is 0 Å². The summed E-state index contributed by atoms with van der Waals surface area (Å²) in [4.78, 5) is 0.476. The van der Waals surface area contributed by atoms with E-state index in [4.69, 9.17) is 22.7 Å². The average Bonchev–Trinajstić information content (AvgIpc) is 2.07. The van der Waals surface area contributed by atoms with E-state index >= 15 is 0 Å². The van der Waals surface area contributed by atoms with Gasteiger partial charge in [-0.2, -0.15) is 0 Å². The number of rotatable bonds is 4. The summed E-state index contributed by atoms with van der Waals surface area (Å²) in [6.45, 7) is 1.94. The number of ether oxygens (including phenoxy) is 1. The number of halogens is 1. The maximum atomic E-state index is 5.64. The van der Waals surface area contributed by atoms with Crippen LogP contribution in [-0.4, -0.2) is 11.1 Å². The van der Waals surface area contributed by atoms with Gasteiger partial charge in [-0.15, -0.1) is 0 Å². The van der Waals surface area contributed by atoms with Crippen LogP contribution in [0.4, 0.5) is 0 Å². The van der Waals surface area contributed by atoms with E-state index in [2.05, 4.69) is 15.9 Å². The molecule has 1 aromatic carbocycles. The fourth-order valence-electron chi connectivity index (χ4n) is 1.08. The van der Waals surface area contributed by atoms with Gasteiger partial charge in [0, 0.05) is 6.42 Å². The second kappa shape index (κ2) is 5.32. The molecular weight excluding hydrogens is 262 g/mol. The van der Waals surface area contributed by atoms with Crippen LogP contribution in [0.5, 0.6) is 5.75 Å². The molecule has 0 aromatic heterocycles. The highest BCUT2D eigenvalue weighted by atomic mass is 79.9. The predicted molar refractivity (Wildman–Crippen MR) is 65.6 cm³/mol. The first-order valence-corrected chi connectivity index (χ1v) is 5.49. The van der Waals surface area contributed by atoms with Crippen molar-refractivity contribution in [2.75, 3.05) is 0 Å². The standard InChI is InChI=1S/C10H12BrNOS/c1-7(6-10(12)14)13-9-5-3-2-4-8(9)11/h2-5,7H,6H2,1H3,(H2,12,14). The van der Waals surface area contributed by atoms with Crippen molar-refractivity contribution in [1.82, 2.24) is 0 Å². The largest absolute Gasteiger partial charge is 0.489 e. The first kappa shape index (κ1) is 11.5. The molecule has 4 heteroatoms. The molecule has 1 unspecified atom stereocenters. The van der Waals surface area contributed by atoms with Gasteiger partial charge in [0.2, 0.25) is 0 Å². The van der Waals surface area contributed by atoms with E-state index in [0.717, 1.165) is 10.2 Å². The Hall–Kier alpha value is -0.610. The Kier molecular flexibility index (Phi) is 4.35. The molecule has 0 radical (unpaired) electrons. The minimum absolute atomic E-state index is 0.00574. The Labute approximate surface area is 97.6 Å². The third-order valence-corrected chi connectivity index (χ3v) is 2.48. The molecule has 1 atom stereocenters. The summed E-state index contributed by atoms with van der Waals surface area (Å²) in [5, 5.41) is 0. The van der Waals surface area contributed by atoms with Crippen molar-refractivity contribution in [2.45, 2.75) is 19.4 Å². The van der Waals surface area contributed by atoms with Crippen molar-refractivity contribution >= 4 is 33.1 Å². The van der Waals surface area contributed by atoms with Gasteiger partial charge >= 0.3 is 0 Å². The first-order chi connectivity index (χ1) is 6.59. The van der Waals surface area contributed by atoms with Crippen molar-refractivity contribution < 1.29 is 4.74 Å². The van der Waals surface area contributed by atoms with Crippen LogP contribution < -0.4 is 10.5 Å². The van der Waals surface area contributed by atoms with Crippen molar-refractivity contribution in [3.63, 3.8) is 0 Å². The molecule has 0 spiro atoms. The molecule has 0 aliphatic heterocycles. The van der Waals surface area contributed by atoms with Gasteiger partial charge in [0.05, 0.1) is 9.46 Å². The second-order valence-corrected chi connectivity index (χ2v) is 4.41. The lowest BCUT2D eigenvalue weighted by Crippen LogP contribution is -2.20. The highest BCUT2D eigenvalue weighted by Gasteiger charge is 2.07. The molecule has 1 aromatic rings. The molecular formula is C10H12BrNOS. The van der Waals surface area contributed by atoms with Crippen molar-refractivity contribution in [2.24, 2.45) is 5.73 Å². The van der Waals surface area contributed by atoms with Crippen LogP contribution in [0.25, 0.3) is 0 Å². The molecule has 14 heavy (non-hydrogen) atoms. The Morgan fingerprint density at radius 1 is 1.57 bits per heavy atom. The second-order valence-electron chi connectivity index (χ2n) is 3.03. The van der Waals surface area contributed by atoms with Gasteiger partial charge in [-0.3, -0.25) is 0 Å². The Morgan fingerprint density at radius 3 is 2.79 bits per heavy atom. The lowest BCUT2D eigenvalue weighted by Gasteiger charge is -2.14. The lowest BCUT2D eigenvalue weighted by atomic mass is 10.3. The zero-order valence-electron chi connectivity index (χ0n) is 7.87. The van der Waals surface area contributed by atoms with E-state index in [-0.39, 0.29) is 6.10 Å². The number of thiocarbonyl (C=S) groups is 1. The molecule has 0 saturated heterocycles. The molecule has 2 N–H and O–H groups in total. The van der Waals surface area contributed by atoms with Crippen molar-refractivity contribution in [3.05, 3.63) is 28.7 Å². The van der Waals surface area contributed by atoms with E-state index < -0.39 is 0 Å². The summed E-state index contributed by atoms with van der Waals surface area (Å²) in [5.74, 6) is 0.816. The monoisotopic (exact) mass is 273 g/mol. The molecule has 2 nitrogen and oxygen atoms in total. The van der Waals surface area contributed by atoms with Gasteiger partial charge in [0.1, 0.15) is 11.9 Å². The zero-order chi connectivity index (χ0) is 10.6. The smallest absolute Gasteiger partial charge is 0.133 e. The fraction of sp³-hybridized carbons (Fsp3) is 0.300. The lowest BCUT2D eigenvalue weighted by molar-refractivity contribution is 0.229. The summed E-state index contributed by atoms with van der Waals surface area (Å²) in [5.41, 5.74) is 5.42. The number of hydrogen-bond donors (Lipinski definition) is 1. The fourth-order valence-corrected chi connectivity index (χ4v) is 1.69. The normalized spacial score (nSPS) is 12.1. The van der Waals surface area contributed by atoms with Gasteiger partial charge < -0.3 is 10.5 Å². The highest BCUT2D eigenvalue weighted by Crippen LogP contribution is 2.25. The molecule has 0 fully saturated rings. The number of para-hydroxylation sites is 1. The molecule has 0 saturated carbocycles. The summed E-state index contributed by atoms with van der Waals surface area (Å²) in [6.07, 6.45) is 0.600. The molecule has 0 aliphatic rings. The molecule has 0 heterocycles. The molecule has 76 valence electrons. The minimum atomic E-state index is 0.00574. The quantitative estimate of drug-likeness (QED) is 0.857. The molecule has 0 aliphatic carbocycles. The van der Waals surface area contributed by atoms with Crippen LogP contribution >= 0.6 is 28.1 Å². The van der Waals surface area contributed by atoms with Gasteiger partial charge in [0.15, 0.2) is 0 Å². The van der Waals surface area contributed by atoms with Crippen LogP contribution in [0, 0.1) is 0 Å². The van der Waals surface area contributed by atoms with E-state index in [9.17, 15) is 0 Å².